The number of hydrogen-bond acceptors (Lipinski definition) is 7. The van der Waals surface area contributed by atoms with Gasteiger partial charge in [0.2, 0.25) is 0 Å². The van der Waals surface area contributed by atoms with E-state index in [2.05, 4.69) is 49.1 Å². The van der Waals surface area contributed by atoms with Crippen molar-refractivity contribution in [3.63, 3.8) is 0 Å². The molecule has 8 heteroatoms. The van der Waals surface area contributed by atoms with Crippen LogP contribution in [0.25, 0.3) is 0 Å². The molecule has 1 aliphatic heterocycles. The number of rotatable bonds is 8. The first-order valence-corrected chi connectivity index (χ1v) is 19.8. The second-order valence-corrected chi connectivity index (χ2v) is 16.7. The van der Waals surface area contributed by atoms with Crippen molar-refractivity contribution in [1.29, 1.82) is 0 Å². The Labute approximate surface area is 308 Å². The molecule has 5 aliphatic rings. The van der Waals surface area contributed by atoms with Crippen LogP contribution < -0.4 is 15.2 Å². The summed E-state index contributed by atoms with van der Waals surface area (Å²) in [7, 11) is 9.93. The predicted octanol–water partition coefficient (Wildman–Crippen LogP) is 7.39. The number of methoxy groups -OCH3 is 2. The lowest BCUT2D eigenvalue weighted by Gasteiger charge is -2.58. The van der Waals surface area contributed by atoms with E-state index in [-0.39, 0.29) is 11.8 Å². The van der Waals surface area contributed by atoms with Gasteiger partial charge >= 0.3 is 5.97 Å². The number of aliphatic hydroxyl groups is 1. The first-order valence-electron chi connectivity index (χ1n) is 19.8. The molecule has 4 aliphatic carbocycles. The van der Waals surface area contributed by atoms with E-state index >= 15 is 0 Å². The van der Waals surface area contributed by atoms with E-state index in [0.29, 0.717) is 17.9 Å². The first-order chi connectivity index (χ1) is 24.5. The van der Waals surface area contributed by atoms with Crippen LogP contribution in [0.15, 0.2) is 42.5 Å². The van der Waals surface area contributed by atoms with Crippen molar-refractivity contribution in [2.45, 2.75) is 120 Å². The van der Waals surface area contributed by atoms with Crippen LogP contribution in [-0.4, -0.2) is 87.0 Å². The van der Waals surface area contributed by atoms with Crippen LogP contribution in [0.4, 0.5) is 0 Å². The number of piperidine rings is 1. The molecule has 2 aromatic rings. The molecule has 4 fully saturated rings. The Morgan fingerprint density at radius 2 is 1.59 bits per heavy atom. The Morgan fingerprint density at radius 1 is 0.902 bits per heavy atom. The zero-order valence-electron chi connectivity index (χ0n) is 32.3. The van der Waals surface area contributed by atoms with E-state index in [9.17, 15) is 9.90 Å². The van der Waals surface area contributed by atoms with Gasteiger partial charge in [-0.2, -0.15) is 0 Å². The first kappa shape index (κ1) is 39.6. The predicted molar refractivity (Wildman–Crippen MR) is 206 cm³/mol. The number of carboxylic acids is 1. The van der Waals surface area contributed by atoms with E-state index in [0.717, 1.165) is 80.5 Å². The highest BCUT2D eigenvalue weighted by Gasteiger charge is 2.53. The number of nitrogens with zero attached hydrogens (tertiary/aromatic N) is 2. The molecule has 7 rings (SSSR count). The number of likely N-dealkylation sites (N-methyl/N-ethyl adjacent to an activating group) is 1. The maximum atomic E-state index is 11.2. The summed E-state index contributed by atoms with van der Waals surface area (Å²) in [5.74, 6) is 2.32. The Hall–Kier alpha value is -2.65. The number of benzene rings is 2. The van der Waals surface area contributed by atoms with Crippen LogP contribution in [0.3, 0.4) is 0 Å². The Kier molecular flexibility index (Phi) is 13.5. The molecule has 0 aromatic heterocycles. The highest BCUT2D eigenvalue weighted by Crippen LogP contribution is 2.56. The lowest BCUT2D eigenvalue weighted by molar-refractivity contribution is -0.140. The fourth-order valence-electron chi connectivity index (χ4n) is 10.6. The number of fused-ring (bicyclic) bond motifs is 1. The Balaban J connectivity index is 0.000000154. The molecule has 0 spiro atoms. The quantitative estimate of drug-likeness (QED) is 0.261. The number of ether oxygens (including phenoxy) is 2. The van der Waals surface area contributed by atoms with E-state index in [4.69, 9.17) is 20.3 Å². The van der Waals surface area contributed by atoms with Crippen molar-refractivity contribution in [2.75, 3.05) is 55.0 Å². The topological polar surface area (TPSA) is 108 Å². The molecule has 5 atom stereocenters. The average Bonchev–Trinajstić information content (AvgIpc) is 3.14. The van der Waals surface area contributed by atoms with Crippen LogP contribution in [0.2, 0.25) is 0 Å². The number of carboxylic acid groups (broad SMARTS) is 1. The molecular formula is C43H67N3O5. The highest BCUT2D eigenvalue weighted by molar-refractivity contribution is 5.67. The van der Waals surface area contributed by atoms with Gasteiger partial charge in [-0.25, -0.2) is 0 Å². The monoisotopic (exact) mass is 706 g/mol. The standard InChI is InChI=1S/C18H25NO.C16H25NO2.C9H17NO2/c1-19-10-9-18-8-4-3-5-15(18)17(19)11-13-6-7-14(20-2)12-16(13)18;1-17(2)12-14-7-4-5-10-16(14,18)13-8-6-9-15(11-13)19-3;10-7-9(6-8(11)12)4-2-1-3-5-9/h6-7,12,15,17H,3-5,8-11H2,1-2H3;6,8-9,11,14,18H,4-5,7,10,12H2,1-3H3;1-7,10H2,(H,11,12)/t15-,17+,18+;14-,16+;/m11./s1. The van der Waals surface area contributed by atoms with Gasteiger partial charge in [-0.1, -0.05) is 63.1 Å². The molecule has 0 amide bonds. The number of hydrogen-bond donors (Lipinski definition) is 3. The molecule has 0 unspecified atom stereocenters. The summed E-state index contributed by atoms with van der Waals surface area (Å²) in [4.78, 5) is 15.4. The smallest absolute Gasteiger partial charge is 0.303 e. The number of aliphatic carboxylic acids is 1. The highest BCUT2D eigenvalue weighted by atomic mass is 16.5. The molecule has 4 N–H and O–H groups in total. The normalized spacial score (nSPS) is 29.6. The third kappa shape index (κ3) is 8.94. The van der Waals surface area contributed by atoms with Crippen molar-refractivity contribution >= 4 is 5.97 Å². The molecule has 2 bridgehead atoms. The minimum Gasteiger partial charge on any atom is -0.497 e. The van der Waals surface area contributed by atoms with Crippen LogP contribution in [0.5, 0.6) is 11.5 Å². The molecule has 1 saturated heterocycles. The van der Waals surface area contributed by atoms with Gasteiger partial charge in [-0.05, 0) is 138 Å². The summed E-state index contributed by atoms with van der Waals surface area (Å²) in [6, 6.07) is 15.5. The molecular weight excluding hydrogens is 638 g/mol. The molecule has 51 heavy (non-hydrogen) atoms. The van der Waals surface area contributed by atoms with Gasteiger partial charge in [-0.15, -0.1) is 0 Å². The van der Waals surface area contributed by atoms with Crippen molar-refractivity contribution in [2.24, 2.45) is 23.0 Å². The summed E-state index contributed by atoms with van der Waals surface area (Å²) in [6.45, 7) is 2.71. The Bertz CT molecular complexity index is 1430. The zero-order chi connectivity index (χ0) is 36.6. The molecule has 1 heterocycles. The van der Waals surface area contributed by atoms with Gasteiger partial charge < -0.3 is 35.2 Å². The van der Waals surface area contributed by atoms with Crippen LogP contribution in [-0.2, 0) is 22.2 Å². The van der Waals surface area contributed by atoms with Gasteiger partial charge in [-0.3, -0.25) is 4.79 Å². The van der Waals surface area contributed by atoms with Gasteiger partial charge in [0, 0.05) is 23.9 Å². The lowest BCUT2D eigenvalue weighted by atomic mass is 9.52. The van der Waals surface area contributed by atoms with Crippen LogP contribution >= 0.6 is 0 Å². The second kappa shape index (κ2) is 17.5. The summed E-state index contributed by atoms with van der Waals surface area (Å²) in [5.41, 5.74) is 9.50. The number of likely N-dealkylation sites (tertiary alicyclic amines) is 1. The van der Waals surface area contributed by atoms with Crippen molar-refractivity contribution in [1.82, 2.24) is 9.80 Å². The van der Waals surface area contributed by atoms with Gasteiger partial charge in [0.05, 0.1) is 26.2 Å². The van der Waals surface area contributed by atoms with Gasteiger partial charge in [0.25, 0.3) is 0 Å². The van der Waals surface area contributed by atoms with Crippen LogP contribution in [0, 0.1) is 17.3 Å². The van der Waals surface area contributed by atoms with Crippen molar-refractivity contribution < 1.29 is 24.5 Å². The fourth-order valence-corrected chi connectivity index (χ4v) is 10.6. The zero-order valence-corrected chi connectivity index (χ0v) is 32.3. The molecule has 8 nitrogen and oxygen atoms in total. The summed E-state index contributed by atoms with van der Waals surface area (Å²) in [6.07, 6.45) is 18.2. The van der Waals surface area contributed by atoms with E-state index in [1.807, 2.05) is 24.3 Å². The SMILES string of the molecule is COc1ccc2c(c1)[C@]13CCCC[C@@H]1[C@H](C2)N(C)CC3.COc1cccc([C@@]2(O)CCCC[C@@H]2CN(C)C)c1.NCC1(CC(=O)O)CCCCC1. The van der Waals surface area contributed by atoms with E-state index in [1.54, 1.807) is 25.3 Å². The second-order valence-electron chi connectivity index (χ2n) is 16.7. The largest absolute Gasteiger partial charge is 0.497 e. The third-order valence-corrected chi connectivity index (χ3v) is 13.4. The number of nitrogens with two attached hydrogens (primary N) is 1. The Morgan fingerprint density at radius 3 is 2.27 bits per heavy atom. The minimum absolute atomic E-state index is 0.0793. The van der Waals surface area contributed by atoms with Crippen molar-refractivity contribution in [3.8, 4) is 11.5 Å². The fraction of sp³-hybridized carbons (Fsp3) is 0.698. The molecule has 0 radical (unpaired) electrons. The van der Waals surface area contributed by atoms with Crippen LogP contribution in [0.1, 0.15) is 113 Å². The van der Waals surface area contributed by atoms with Gasteiger partial charge in [0.1, 0.15) is 11.5 Å². The van der Waals surface area contributed by atoms with E-state index in [1.165, 1.54) is 57.9 Å². The average molecular weight is 706 g/mol. The molecule has 284 valence electrons. The molecule has 3 saturated carbocycles. The van der Waals surface area contributed by atoms with Crippen molar-refractivity contribution in [3.05, 3.63) is 59.2 Å². The maximum Gasteiger partial charge on any atom is 0.303 e. The number of carbonyl (C=O) groups is 1. The molecule has 2 aromatic carbocycles. The maximum absolute atomic E-state index is 11.2. The van der Waals surface area contributed by atoms with E-state index < -0.39 is 11.6 Å². The third-order valence-electron chi connectivity index (χ3n) is 13.4. The lowest BCUT2D eigenvalue weighted by Crippen LogP contribution is -2.59. The summed E-state index contributed by atoms with van der Waals surface area (Å²) in [5, 5.41) is 19.9. The summed E-state index contributed by atoms with van der Waals surface area (Å²) < 4.78 is 10.8. The minimum atomic E-state index is -0.711. The van der Waals surface area contributed by atoms with Gasteiger partial charge in [0.15, 0.2) is 0 Å². The summed E-state index contributed by atoms with van der Waals surface area (Å²) >= 11 is 0.